The van der Waals surface area contributed by atoms with Gasteiger partial charge in [-0.05, 0) is 36.2 Å². The fraction of sp³-hybridized carbons (Fsp3) is 0.263. The van der Waals surface area contributed by atoms with Crippen LogP contribution < -0.4 is 14.8 Å². The number of fused-ring (bicyclic) bond motifs is 1. The quantitative estimate of drug-likeness (QED) is 0.367. The zero-order valence-electron chi connectivity index (χ0n) is 15.2. The molecule has 2 aromatic carbocycles. The van der Waals surface area contributed by atoms with Crippen molar-refractivity contribution in [3.63, 3.8) is 0 Å². The van der Waals surface area contributed by atoms with E-state index in [1.807, 2.05) is 23.9 Å². The summed E-state index contributed by atoms with van der Waals surface area (Å²) in [6.07, 6.45) is 2.51. The first-order valence-corrected chi connectivity index (χ1v) is 10.9. The molecule has 0 aliphatic rings. The van der Waals surface area contributed by atoms with Crippen molar-refractivity contribution in [1.82, 2.24) is 9.97 Å². The van der Waals surface area contributed by atoms with Gasteiger partial charge in [0.25, 0.3) is 0 Å². The minimum Gasteiger partial charge on any atom is -0.493 e. The molecule has 0 saturated heterocycles. The molecule has 148 valence electrons. The smallest absolute Gasteiger partial charge is 0.162 e. The fourth-order valence-electron chi connectivity index (χ4n) is 2.54. The molecule has 0 aliphatic carbocycles. The van der Waals surface area contributed by atoms with Crippen LogP contribution in [0.25, 0.3) is 10.9 Å². The van der Waals surface area contributed by atoms with Crippen molar-refractivity contribution in [1.29, 1.82) is 0 Å². The van der Waals surface area contributed by atoms with Crippen molar-refractivity contribution in [3.8, 4) is 11.5 Å². The van der Waals surface area contributed by atoms with Crippen molar-refractivity contribution in [2.24, 2.45) is 0 Å². The molecule has 0 saturated carbocycles. The first-order chi connectivity index (χ1) is 13.6. The van der Waals surface area contributed by atoms with Gasteiger partial charge in [-0.15, -0.1) is 9.24 Å². The molecule has 0 fully saturated rings. The average Bonchev–Trinajstić information content (AvgIpc) is 2.70. The number of anilines is 2. The van der Waals surface area contributed by atoms with Crippen LogP contribution in [-0.2, 0) is 0 Å². The van der Waals surface area contributed by atoms with Crippen LogP contribution in [0.5, 0.6) is 11.5 Å². The maximum absolute atomic E-state index is 13.4. The van der Waals surface area contributed by atoms with E-state index in [4.69, 9.17) is 21.1 Å². The summed E-state index contributed by atoms with van der Waals surface area (Å²) in [5.41, 5.74) is 1.32. The predicted molar refractivity (Wildman–Crippen MR) is 118 cm³/mol. The Bertz CT molecular complexity index is 964. The molecule has 1 heterocycles. The third kappa shape index (κ3) is 5.16. The van der Waals surface area contributed by atoms with Crippen LogP contribution in [0.2, 0.25) is 5.02 Å². The highest BCUT2D eigenvalue weighted by Crippen LogP contribution is 2.35. The lowest BCUT2D eigenvalue weighted by molar-refractivity contribution is 0.314. The van der Waals surface area contributed by atoms with Crippen LogP contribution in [0.1, 0.15) is 0 Å². The summed E-state index contributed by atoms with van der Waals surface area (Å²) in [7, 11) is 4.31. The van der Waals surface area contributed by atoms with Crippen molar-refractivity contribution in [2.75, 3.05) is 36.7 Å². The van der Waals surface area contributed by atoms with E-state index in [2.05, 4.69) is 24.5 Å². The Balaban J connectivity index is 1.88. The van der Waals surface area contributed by atoms with Gasteiger partial charge in [-0.2, -0.15) is 11.8 Å². The number of thioether (sulfide) groups is 1. The van der Waals surface area contributed by atoms with E-state index in [1.54, 1.807) is 13.2 Å². The Morgan fingerprint density at radius 2 is 2.04 bits per heavy atom. The molecule has 0 aliphatic heterocycles. The second-order valence-electron chi connectivity index (χ2n) is 5.75. The highest BCUT2D eigenvalue weighted by atomic mass is 35.5. The van der Waals surface area contributed by atoms with Gasteiger partial charge in [0.2, 0.25) is 0 Å². The third-order valence-corrected chi connectivity index (χ3v) is 5.83. The second-order valence-corrected chi connectivity index (χ2v) is 7.96. The Morgan fingerprint density at radius 1 is 1.18 bits per heavy atom. The summed E-state index contributed by atoms with van der Waals surface area (Å²) >= 11 is 7.70. The number of aromatic nitrogens is 2. The number of ether oxygens (including phenoxy) is 2. The molecule has 3 aromatic rings. The maximum atomic E-state index is 13.4. The van der Waals surface area contributed by atoms with E-state index in [1.165, 1.54) is 18.5 Å². The Labute approximate surface area is 174 Å². The van der Waals surface area contributed by atoms with Crippen molar-refractivity contribution < 1.29 is 13.9 Å². The number of methoxy groups -OCH3 is 1. The molecule has 0 bridgehead atoms. The van der Waals surface area contributed by atoms with Crippen LogP contribution in [0.15, 0.2) is 36.7 Å². The topological polar surface area (TPSA) is 56.3 Å². The van der Waals surface area contributed by atoms with Crippen LogP contribution in [0, 0.1) is 5.82 Å². The summed E-state index contributed by atoms with van der Waals surface area (Å²) in [5.74, 6) is 3.29. The number of nitrogens with one attached hydrogen (secondary N) is 1. The van der Waals surface area contributed by atoms with E-state index in [9.17, 15) is 4.39 Å². The summed E-state index contributed by atoms with van der Waals surface area (Å²) < 4.78 is 24.8. The van der Waals surface area contributed by atoms with Gasteiger partial charge in [-0.3, -0.25) is 0 Å². The van der Waals surface area contributed by atoms with E-state index in [0.717, 1.165) is 23.1 Å². The molecule has 1 aromatic heterocycles. The van der Waals surface area contributed by atoms with Gasteiger partial charge in [0, 0.05) is 22.9 Å². The second kappa shape index (κ2) is 10.1. The molecule has 28 heavy (non-hydrogen) atoms. The largest absolute Gasteiger partial charge is 0.493 e. The first kappa shape index (κ1) is 20.9. The van der Waals surface area contributed by atoms with Crippen LogP contribution in [0.3, 0.4) is 0 Å². The molecular formula is C19H20ClFN3O2PS. The predicted octanol–water partition coefficient (Wildman–Crippen LogP) is 5.16. The number of rotatable bonds is 9. The number of benzene rings is 2. The Hall–Kier alpha value is -1.82. The molecule has 1 N–H and O–H groups in total. The normalized spacial score (nSPS) is 10.9. The van der Waals surface area contributed by atoms with Crippen molar-refractivity contribution in [2.45, 2.75) is 0 Å². The number of hydrogen-bond acceptors (Lipinski definition) is 6. The highest BCUT2D eigenvalue weighted by Gasteiger charge is 2.12. The molecule has 1 atom stereocenters. The molecule has 3 rings (SSSR count). The standard InChI is InChI=1S/C19H20ClFN3O2PS/c1-25-17-10-16-13(9-18(17)26-4-6-28-7-5-27)19(23-11-22-16)24-12-2-3-15(21)14(20)8-12/h2-3,8-11H,4-7,27H2,1H3,(H,22,23,24). The minimum atomic E-state index is -0.472. The molecule has 1 unspecified atom stereocenters. The number of halogens is 2. The molecule has 5 nitrogen and oxygen atoms in total. The lowest BCUT2D eigenvalue weighted by atomic mass is 10.2. The van der Waals surface area contributed by atoms with Gasteiger partial charge in [0.15, 0.2) is 11.5 Å². The zero-order valence-corrected chi connectivity index (χ0v) is 18.0. The Kier molecular flexibility index (Phi) is 7.54. The summed E-state index contributed by atoms with van der Waals surface area (Å²) in [6.45, 7) is 0.571. The van der Waals surface area contributed by atoms with Crippen LogP contribution in [0.4, 0.5) is 15.9 Å². The maximum Gasteiger partial charge on any atom is 0.162 e. The lowest BCUT2D eigenvalue weighted by Crippen LogP contribution is -2.03. The molecular weight excluding hydrogens is 420 g/mol. The van der Waals surface area contributed by atoms with Gasteiger partial charge >= 0.3 is 0 Å². The van der Waals surface area contributed by atoms with E-state index in [-0.39, 0.29) is 5.02 Å². The van der Waals surface area contributed by atoms with Crippen molar-refractivity contribution in [3.05, 3.63) is 47.5 Å². The van der Waals surface area contributed by atoms with Gasteiger partial charge in [-0.1, -0.05) is 11.6 Å². The van der Waals surface area contributed by atoms with Gasteiger partial charge in [-0.25, -0.2) is 14.4 Å². The average molecular weight is 440 g/mol. The van der Waals surface area contributed by atoms with Crippen LogP contribution >= 0.6 is 32.6 Å². The van der Waals surface area contributed by atoms with Crippen molar-refractivity contribution >= 4 is 55.0 Å². The van der Waals surface area contributed by atoms with E-state index in [0.29, 0.717) is 35.1 Å². The number of nitrogens with zero attached hydrogens (tertiary/aromatic N) is 2. The van der Waals surface area contributed by atoms with Gasteiger partial charge < -0.3 is 14.8 Å². The summed E-state index contributed by atoms with van der Waals surface area (Å²) in [6, 6.07) is 8.07. The molecule has 0 spiro atoms. The number of hydrogen-bond donors (Lipinski definition) is 1. The van der Waals surface area contributed by atoms with Gasteiger partial charge in [0.05, 0.1) is 24.3 Å². The summed E-state index contributed by atoms with van der Waals surface area (Å²) in [5, 5.41) is 3.96. The Morgan fingerprint density at radius 3 is 2.79 bits per heavy atom. The van der Waals surface area contributed by atoms with E-state index < -0.39 is 5.82 Å². The fourth-order valence-corrected chi connectivity index (χ4v) is 3.80. The molecule has 0 amide bonds. The third-order valence-electron chi connectivity index (χ3n) is 3.85. The van der Waals surface area contributed by atoms with E-state index >= 15 is 0 Å². The SMILES string of the molecule is COc1cc2ncnc(Nc3ccc(F)c(Cl)c3)c2cc1OCCSCCP. The summed E-state index contributed by atoms with van der Waals surface area (Å²) in [4.78, 5) is 8.62. The first-order valence-electron chi connectivity index (χ1n) is 8.58. The van der Waals surface area contributed by atoms with Gasteiger partial charge in [0.1, 0.15) is 18.0 Å². The molecule has 0 radical (unpaired) electrons. The highest BCUT2D eigenvalue weighted by molar-refractivity contribution is 7.99. The monoisotopic (exact) mass is 439 g/mol. The van der Waals surface area contributed by atoms with Crippen LogP contribution in [-0.4, -0.2) is 41.4 Å². The zero-order chi connectivity index (χ0) is 19.9. The lowest BCUT2D eigenvalue weighted by Gasteiger charge is -2.14. The molecule has 9 heteroatoms. The minimum absolute atomic E-state index is 0.0389.